The van der Waals surface area contributed by atoms with Crippen molar-refractivity contribution in [1.29, 1.82) is 0 Å². The molecular weight excluding hydrogens is 681 g/mol. The fourth-order valence-electron chi connectivity index (χ4n) is 5.45. The Labute approximate surface area is 262 Å². The largest absolute Gasteiger partial charge is 0.386 e. The van der Waals surface area contributed by atoms with Crippen molar-refractivity contribution in [1.82, 2.24) is 39.0 Å². The SMILES string of the molecule is C[C@@]12CO[P@@](=O)(S)O[C@@H]3[C@@H](F)[C@@H](CO[P@@](=O)(S)O[C@H]1[C@@H](O)[C@H](n1cnc4c(N)ncnc41)O2)O[C@H]3n1cnc2c(N)ncnc21. The molecular formula is C21H25FN10O9P2S2. The van der Waals surface area contributed by atoms with E-state index in [4.69, 9.17) is 39.0 Å². The second-order valence-electron chi connectivity index (χ2n) is 10.6. The van der Waals surface area contributed by atoms with Crippen molar-refractivity contribution in [2.45, 2.75) is 55.6 Å². The highest BCUT2D eigenvalue weighted by atomic mass is 32.7. The minimum Gasteiger partial charge on any atom is -0.386 e. The molecule has 3 saturated heterocycles. The normalized spacial score (nSPS) is 39.4. The van der Waals surface area contributed by atoms with Gasteiger partial charge in [0.15, 0.2) is 41.6 Å². The quantitative estimate of drug-likeness (QED) is 0.147. The zero-order valence-corrected chi connectivity index (χ0v) is 26.5. The molecule has 5 N–H and O–H groups in total. The summed E-state index contributed by atoms with van der Waals surface area (Å²) in [6.45, 7) is -8.67. The molecule has 45 heavy (non-hydrogen) atoms. The van der Waals surface area contributed by atoms with E-state index in [0.29, 0.717) is 0 Å². The summed E-state index contributed by atoms with van der Waals surface area (Å²) in [6, 6.07) is 0. The highest BCUT2D eigenvalue weighted by molar-refractivity contribution is 8.44. The van der Waals surface area contributed by atoms with Crippen LogP contribution in [0.3, 0.4) is 0 Å². The van der Waals surface area contributed by atoms with E-state index in [2.05, 4.69) is 54.4 Å². The Hall–Kier alpha value is -2.49. The third kappa shape index (κ3) is 5.40. The first-order chi connectivity index (χ1) is 21.3. The number of anilines is 2. The van der Waals surface area contributed by atoms with Gasteiger partial charge in [-0.25, -0.2) is 43.4 Å². The molecule has 10 atom stereocenters. The summed E-state index contributed by atoms with van der Waals surface area (Å²) < 4.78 is 80.1. The Morgan fingerprint density at radius 3 is 2.13 bits per heavy atom. The smallest absolute Gasteiger partial charge is 0.386 e. The molecule has 3 fully saturated rings. The third-order valence-corrected chi connectivity index (χ3v) is 10.8. The Balaban J connectivity index is 1.23. The molecule has 24 heteroatoms. The van der Waals surface area contributed by atoms with Gasteiger partial charge in [-0.15, -0.1) is 0 Å². The summed E-state index contributed by atoms with van der Waals surface area (Å²) in [5.41, 5.74) is 10.9. The lowest BCUT2D eigenvalue weighted by molar-refractivity contribution is -0.111. The predicted molar refractivity (Wildman–Crippen MR) is 158 cm³/mol. The van der Waals surface area contributed by atoms with E-state index >= 15 is 4.39 Å². The number of nitrogen functional groups attached to an aromatic ring is 2. The zero-order chi connectivity index (χ0) is 31.9. The molecule has 0 spiro atoms. The van der Waals surface area contributed by atoms with Crippen LogP contribution in [0.2, 0.25) is 0 Å². The number of rotatable bonds is 2. The van der Waals surface area contributed by atoms with E-state index in [0.717, 1.165) is 0 Å². The molecule has 2 bridgehead atoms. The number of aliphatic hydroxyl groups excluding tert-OH is 1. The molecule has 0 aliphatic carbocycles. The van der Waals surface area contributed by atoms with Crippen molar-refractivity contribution in [3.63, 3.8) is 0 Å². The number of aliphatic hydroxyl groups is 1. The van der Waals surface area contributed by atoms with E-state index < -0.39 is 75.5 Å². The molecule has 0 amide bonds. The fourth-order valence-corrected chi connectivity index (χ4v) is 8.49. The molecule has 3 aliphatic heterocycles. The molecule has 19 nitrogen and oxygen atoms in total. The summed E-state index contributed by atoms with van der Waals surface area (Å²) >= 11 is 8.15. The zero-order valence-electron chi connectivity index (χ0n) is 22.9. The number of hydrogen-bond donors (Lipinski definition) is 5. The van der Waals surface area contributed by atoms with Gasteiger partial charge in [0, 0.05) is 0 Å². The maximum Gasteiger partial charge on any atom is 0.386 e. The number of thiol groups is 2. The third-order valence-electron chi connectivity index (χ3n) is 7.60. The van der Waals surface area contributed by atoms with Gasteiger partial charge < -0.3 is 26.0 Å². The van der Waals surface area contributed by atoms with E-state index in [1.54, 1.807) is 0 Å². The number of aromatic nitrogens is 8. The Morgan fingerprint density at radius 2 is 1.51 bits per heavy atom. The van der Waals surface area contributed by atoms with Crippen LogP contribution in [0.15, 0.2) is 25.3 Å². The summed E-state index contributed by atoms with van der Waals surface area (Å²) in [5.74, 6) is 0.144. The molecule has 3 aliphatic rings. The van der Waals surface area contributed by atoms with Crippen LogP contribution in [-0.4, -0.2) is 93.5 Å². The van der Waals surface area contributed by atoms with Gasteiger partial charge in [0.25, 0.3) is 0 Å². The number of halogens is 1. The lowest BCUT2D eigenvalue weighted by Crippen LogP contribution is -2.45. The first-order valence-corrected chi connectivity index (χ1v) is 18.5. The molecule has 4 aromatic heterocycles. The molecule has 7 rings (SSSR count). The molecule has 0 aromatic carbocycles. The van der Waals surface area contributed by atoms with E-state index in [1.165, 1.54) is 41.4 Å². The number of nitrogens with zero attached hydrogens (tertiary/aromatic N) is 8. The van der Waals surface area contributed by atoms with Crippen molar-refractivity contribution in [2.75, 3.05) is 24.7 Å². The number of ether oxygens (including phenoxy) is 2. The average molecular weight is 707 g/mol. The van der Waals surface area contributed by atoms with Crippen molar-refractivity contribution >= 4 is 72.1 Å². The van der Waals surface area contributed by atoms with Crippen LogP contribution in [0.4, 0.5) is 16.0 Å². The van der Waals surface area contributed by atoms with Crippen LogP contribution >= 0.6 is 38.1 Å². The van der Waals surface area contributed by atoms with Gasteiger partial charge in [0.1, 0.15) is 53.7 Å². The molecule has 4 aromatic rings. The van der Waals surface area contributed by atoms with Crippen LogP contribution in [0.25, 0.3) is 22.3 Å². The van der Waals surface area contributed by atoms with Crippen LogP contribution in [0.1, 0.15) is 19.4 Å². The average Bonchev–Trinajstić information content (AvgIpc) is 3.73. The maximum absolute atomic E-state index is 15.9. The van der Waals surface area contributed by atoms with Crippen molar-refractivity contribution in [3.8, 4) is 0 Å². The molecule has 0 unspecified atom stereocenters. The van der Waals surface area contributed by atoms with Gasteiger partial charge in [-0.1, -0.05) is 24.5 Å². The number of fused-ring (bicyclic) bond motifs is 5. The lowest BCUT2D eigenvalue weighted by atomic mass is 9.99. The van der Waals surface area contributed by atoms with Crippen LogP contribution < -0.4 is 11.5 Å². The number of nitrogens with two attached hydrogens (primary N) is 2. The lowest BCUT2D eigenvalue weighted by Gasteiger charge is -2.32. The van der Waals surface area contributed by atoms with Gasteiger partial charge in [-0.3, -0.25) is 27.2 Å². The number of hydrogen-bond acceptors (Lipinski definition) is 17. The van der Waals surface area contributed by atoms with Gasteiger partial charge in [-0.2, -0.15) is 0 Å². The maximum atomic E-state index is 15.9. The predicted octanol–water partition coefficient (Wildman–Crippen LogP) is 1.61. The number of imidazole rings is 2. The Kier molecular flexibility index (Phi) is 7.64. The summed E-state index contributed by atoms with van der Waals surface area (Å²) in [5, 5.41) is 11.4. The summed E-state index contributed by atoms with van der Waals surface area (Å²) in [6.07, 6.45) is -5.77. The van der Waals surface area contributed by atoms with Crippen molar-refractivity contribution in [2.24, 2.45) is 0 Å². The highest BCUT2D eigenvalue weighted by Gasteiger charge is 2.58. The van der Waals surface area contributed by atoms with Crippen LogP contribution in [0, 0.1) is 0 Å². The highest BCUT2D eigenvalue weighted by Crippen LogP contribution is 2.61. The summed E-state index contributed by atoms with van der Waals surface area (Å²) in [4.78, 5) is 24.4. The Bertz CT molecular complexity index is 1890. The second kappa shape index (κ2) is 11.1. The van der Waals surface area contributed by atoms with E-state index in [-0.39, 0.29) is 34.0 Å². The molecule has 0 saturated carbocycles. The first-order valence-electron chi connectivity index (χ1n) is 13.1. The van der Waals surface area contributed by atoms with Gasteiger partial charge in [-0.05, 0) is 6.92 Å². The van der Waals surface area contributed by atoms with E-state index in [9.17, 15) is 14.2 Å². The van der Waals surface area contributed by atoms with E-state index in [1.807, 2.05) is 0 Å². The molecule has 0 radical (unpaired) electrons. The fraction of sp³-hybridized carbons (Fsp3) is 0.524. The van der Waals surface area contributed by atoms with Crippen molar-refractivity contribution < 1.29 is 46.2 Å². The minimum absolute atomic E-state index is 0.0591. The summed E-state index contributed by atoms with van der Waals surface area (Å²) in [7, 11) is 0. The van der Waals surface area contributed by atoms with Gasteiger partial charge in [0.05, 0.1) is 25.9 Å². The Morgan fingerprint density at radius 1 is 0.933 bits per heavy atom. The van der Waals surface area contributed by atoms with Crippen molar-refractivity contribution in [3.05, 3.63) is 25.3 Å². The number of alkyl halides is 1. The first kappa shape index (κ1) is 31.1. The second-order valence-corrected chi connectivity index (χ2v) is 16.3. The van der Waals surface area contributed by atoms with Gasteiger partial charge in [0.2, 0.25) is 0 Å². The minimum atomic E-state index is -4.43. The van der Waals surface area contributed by atoms with Crippen LogP contribution in [0.5, 0.6) is 0 Å². The topological polar surface area (TPSA) is 249 Å². The molecule has 7 heterocycles. The molecule has 242 valence electrons. The standard InChI is InChI=1S/C21H25FN10O9P2S2/c1-21-3-37-43(35,45)40-13-9(22)8(38-20(13)32-7-30-11-16(24)26-5-28-18(11)32)2-36-42(34,44)41-14(21)12(33)19(39-21)31-6-29-10-15(23)25-4-27-17(10)31/h4-9,12-14,19-20,33H,2-3H2,1H3,(H,34,44)(H,35,45)(H2,23,25,27)(H2,24,26,28)/t8-,9+,12-,13-,14+,19-,20-,21-,42-,43-/m1/s1. The van der Waals surface area contributed by atoms with Crippen LogP contribution in [-0.2, 0) is 36.7 Å². The van der Waals surface area contributed by atoms with Gasteiger partial charge >= 0.3 is 13.6 Å². The monoisotopic (exact) mass is 706 g/mol.